The Kier molecular flexibility index (Phi) is 7.96. The highest BCUT2D eigenvalue weighted by Crippen LogP contribution is 2.43. The van der Waals surface area contributed by atoms with E-state index in [0.717, 1.165) is 24.8 Å². The number of imidazole rings is 1. The van der Waals surface area contributed by atoms with Crippen LogP contribution in [0.25, 0.3) is 16.8 Å². The Hall–Kier alpha value is -4.79. The molecule has 1 fully saturated rings. The van der Waals surface area contributed by atoms with Gasteiger partial charge in [0.2, 0.25) is 5.95 Å². The molecule has 1 aliphatic heterocycles. The zero-order chi connectivity index (χ0) is 29.1. The van der Waals surface area contributed by atoms with Gasteiger partial charge in [-0.2, -0.15) is 0 Å². The van der Waals surface area contributed by atoms with Gasteiger partial charge in [0.1, 0.15) is 11.5 Å². The van der Waals surface area contributed by atoms with E-state index >= 15 is 0 Å². The smallest absolute Gasteiger partial charge is 0.302 e. The van der Waals surface area contributed by atoms with E-state index < -0.39 is 17.7 Å². The number of ketones is 1. The fraction of sp³-hybridized carbons (Fsp3) is 0.281. The van der Waals surface area contributed by atoms with Crippen LogP contribution in [0.1, 0.15) is 55.8 Å². The lowest BCUT2D eigenvalue weighted by molar-refractivity contribution is -0.132. The zero-order valence-electron chi connectivity index (χ0n) is 23.3. The number of ether oxygens (including phenoxy) is 2. The number of hydrogen-bond donors (Lipinski definition) is 3. The summed E-state index contributed by atoms with van der Waals surface area (Å²) in [6.45, 7) is 6.74. The van der Waals surface area contributed by atoms with Gasteiger partial charge in [-0.15, -0.1) is 0 Å². The van der Waals surface area contributed by atoms with Crippen LogP contribution in [0.4, 0.5) is 5.95 Å². The molecule has 3 N–H and O–H groups in total. The number of aromatic nitrogens is 2. The molecular weight excluding hydrogens is 522 g/mol. The van der Waals surface area contributed by atoms with Gasteiger partial charge in [0.05, 0.1) is 35.9 Å². The van der Waals surface area contributed by atoms with Crippen molar-refractivity contribution in [3.63, 3.8) is 0 Å². The molecule has 212 valence electrons. The quantitative estimate of drug-likeness (QED) is 0.0925. The number of anilines is 1. The molecule has 0 saturated carbocycles. The lowest BCUT2D eigenvalue weighted by Crippen LogP contribution is -2.30. The van der Waals surface area contributed by atoms with Gasteiger partial charge in [-0.05, 0) is 79.9 Å². The molecule has 1 saturated heterocycles. The monoisotopic (exact) mass is 555 g/mol. The lowest BCUT2D eigenvalue weighted by Gasteiger charge is -2.23. The molecule has 9 heteroatoms. The van der Waals surface area contributed by atoms with Crippen molar-refractivity contribution in [3.05, 3.63) is 82.9 Å². The van der Waals surface area contributed by atoms with Crippen molar-refractivity contribution >= 4 is 34.4 Å². The molecule has 0 aliphatic carbocycles. The normalized spacial score (nSPS) is 16.5. The average molecular weight is 556 g/mol. The number of phenols is 1. The Morgan fingerprint density at radius 2 is 1.78 bits per heavy atom. The summed E-state index contributed by atoms with van der Waals surface area (Å²) in [7, 11) is 0. The first-order valence-electron chi connectivity index (χ1n) is 13.8. The minimum Gasteiger partial charge on any atom is -0.507 e. The van der Waals surface area contributed by atoms with E-state index in [1.165, 1.54) is 11.0 Å². The number of fused-ring (bicyclic) bond motifs is 1. The van der Waals surface area contributed by atoms with Gasteiger partial charge in [-0.3, -0.25) is 14.5 Å². The first-order valence-corrected chi connectivity index (χ1v) is 13.8. The van der Waals surface area contributed by atoms with Crippen molar-refractivity contribution in [2.24, 2.45) is 0 Å². The number of aryl methyl sites for hydroxylation is 1. The molecule has 2 heterocycles. The number of phenolic OH excluding ortho intramolecular Hbond substituents is 1. The highest BCUT2D eigenvalue weighted by atomic mass is 16.5. The van der Waals surface area contributed by atoms with Crippen LogP contribution in [-0.4, -0.2) is 45.1 Å². The number of unbranched alkanes of at least 4 members (excludes halogenated alkanes) is 2. The highest BCUT2D eigenvalue weighted by molar-refractivity contribution is 6.51. The van der Waals surface area contributed by atoms with Crippen LogP contribution in [0.2, 0.25) is 0 Å². The van der Waals surface area contributed by atoms with E-state index in [-0.39, 0.29) is 28.8 Å². The Bertz CT molecular complexity index is 1620. The number of benzene rings is 3. The van der Waals surface area contributed by atoms with Gasteiger partial charge in [-0.25, -0.2) is 4.98 Å². The van der Waals surface area contributed by atoms with Crippen molar-refractivity contribution in [1.82, 2.24) is 9.97 Å². The van der Waals surface area contributed by atoms with Crippen LogP contribution >= 0.6 is 0 Å². The number of aromatic amines is 1. The second-order valence-electron chi connectivity index (χ2n) is 9.99. The van der Waals surface area contributed by atoms with Crippen LogP contribution in [0, 0.1) is 6.92 Å². The first kappa shape index (κ1) is 27.8. The fourth-order valence-corrected chi connectivity index (χ4v) is 4.97. The first-order chi connectivity index (χ1) is 19.8. The van der Waals surface area contributed by atoms with Gasteiger partial charge in [0.25, 0.3) is 5.78 Å². The summed E-state index contributed by atoms with van der Waals surface area (Å²) >= 11 is 0. The number of H-pyrrole nitrogens is 1. The van der Waals surface area contributed by atoms with Crippen molar-refractivity contribution in [1.29, 1.82) is 0 Å². The number of nitrogens with zero attached hydrogens (tertiary/aromatic N) is 2. The summed E-state index contributed by atoms with van der Waals surface area (Å²) < 4.78 is 11.4. The van der Waals surface area contributed by atoms with E-state index in [9.17, 15) is 19.8 Å². The van der Waals surface area contributed by atoms with Crippen LogP contribution in [-0.2, 0) is 9.59 Å². The van der Waals surface area contributed by atoms with Gasteiger partial charge in [0.15, 0.2) is 11.5 Å². The number of carbonyl (C=O) groups excluding carboxylic acids is 2. The number of hydrogen-bond acceptors (Lipinski definition) is 7. The van der Waals surface area contributed by atoms with Crippen molar-refractivity contribution in [3.8, 4) is 17.2 Å². The van der Waals surface area contributed by atoms with Gasteiger partial charge in [0, 0.05) is 5.56 Å². The zero-order valence-corrected chi connectivity index (χ0v) is 23.3. The summed E-state index contributed by atoms with van der Waals surface area (Å²) in [4.78, 5) is 36.1. The standard InChI is InChI=1S/C32H33N3O6/c1-4-6-7-16-41-22-12-9-20(10-13-22)29(37)27-28(21-11-15-25(36)26(18-21)40-5-2)35(31(39)30(27)38)32-33-23-14-8-19(3)17-24(23)34-32/h8-15,17-18,28,36-37H,4-7,16H2,1-3H3,(H,33,34)/b29-27+. The number of amides is 1. The molecule has 3 aromatic carbocycles. The molecule has 1 amide bonds. The molecule has 0 bridgehead atoms. The Morgan fingerprint density at radius 1 is 1.00 bits per heavy atom. The summed E-state index contributed by atoms with van der Waals surface area (Å²) in [5.41, 5.74) is 3.05. The predicted molar refractivity (Wildman–Crippen MR) is 156 cm³/mol. The summed E-state index contributed by atoms with van der Waals surface area (Å²) in [6.07, 6.45) is 3.11. The highest BCUT2D eigenvalue weighted by Gasteiger charge is 2.48. The summed E-state index contributed by atoms with van der Waals surface area (Å²) in [6, 6.07) is 15.9. The largest absolute Gasteiger partial charge is 0.507 e. The van der Waals surface area contributed by atoms with E-state index in [1.54, 1.807) is 43.3 Å². The van der Waals surface area contributed by atoms with Crippen LogP contribution in [0.15, 0.2) is 66.2 Å². The topological polar surface area (TPSA) is 125 Å². The second kappa shape index (κ2) is 11.8. The Morgan fingerprint density at radius 3 is 2.51 bits per heavy atom. The molecule has 1 aromatic heterocycles. The van der Waals surface area contributed by atoms with Crippen LogP contribution in [0.5, 0.6) is 17.2 Å². The summed E-state index contributed by atoms with van der Waals surface area (Å²) in [5.74, 6) is -1.09. The third kappa shape index (κ3) is 5.48. The number of aromatic hydroxyl groups is 1. The van der Waals surface area contributed by atoms with Crippen LogP contribution < -0.4 is 14.4 Å². The number of rotatable bonds is 10. The number of carbonyl (C=O) groups is 2. The minimum absolute atomic E-state index is 0.0821. The van der Waals surface area contributed by atoms with E-state index in [0.29, 0.717) is 41.1 Å². The SMILES string of the molecule is CCCCCOc1ccc(/C(O)=C2\C(=O)C(=O)N(c3nc4ccc(C)cc4[nH]3)C2c2ccc(O)c(OCC)c2)cc1. The number of nitrogens with one attached hydrogen (secondary N) is 1. The molecule has 4 aromatic rings. The number of aliphatic hydroxyl groups excluding tert-OH is 1. The minimum atomic E-state index is -1.04. The molecule has 41 heavy (non-hydrogen) atoms. The average Bonchev–Trinajstić information content (AvgIpc) is 3.49. The molecule has 5 rings (SSSR count). The number of aliphatic hydroxyl groups is 1. The molecule has 1 unspecified atom stereocenters. The maximum absolute atomic E-state index is 13.6. The van der Waals surface area contributed by atoms with E-state index in [1.807, 2.05) is 25.1 Å². The number of Topliss-reactive ketones (excluding diaryl/α,β-unsaturated/α-hetero) is 1. The molecule has 0 radical (unpaired) electrons. The maximum Gasteiger partial charge on any atom is 0.302 e. The van der Waals surface area contributed by atoms with Crippen molar-refractivity contribution < 1.29 is 29.3 Å². The third-order valence-electron chi connectivity index (χ3n) is 7.04. The summed E-state index contributed by atoms with van der Waals surface area (Å²) in [5, 5.41) is 21.8. The van der Waals surface area contributed by atoms with Crippen molar-refractivity contribution in [2.75, 3.05) is 18.1 Å². The molecule has 9 nitrogen and oxygen atoms in total. The second-order valence-corrected chi connectivity index (χ2v) is 9.99. The molecule has 1 aliphatic rings. The Balaban J connectivity index is 1.61. The van der Waals surface area contributed by atoms with Gasteiger partial charge < -0.3 is 24.7 Å². The predicted octanol–water partition coefficient (Wildman–Crippen LogP) is 6.17. The molecule has 1 atom stereocenters. The van der Waals surface area contributed by atoms with Crippen LogP contribution in [0.3, 0.4) is 0 Å². The van der Waals surface area contributed by atoms with E-state index in [4.69, 9.17) is 9.47 Å². The Labute approximate surface area is 238 Å². The molecular formula is C32H33N3O6. The van der Waals surface area contributed by atoms with Gasteiger partial charge >= 0.3 is 5.91 Å². The third-order valence-corrected chi connectivity index (χ3v) is 7.04. The van der Waals surface area contributed by atoms with Gasteiger partial charge in [-0.1, -0.05) is 31.9 Å². The van der Waals surface area contributed by atoms with E-state index in [2.05, 4.69) is 16.9 Å². The fourth-order valence-electron chi connectivity index (χ4n) is 4.97. The maximum atomic E-state index is 13.6. The van der Waals surface area contributed by atoms with Crippen molar-refractivity contribution in [2.45, 2.75) is 46.1 Å². The lowest BCUT2D eigenvalue weighted by atomic mass is 9.95. The molecule has 0 spiro atoms.